The molecule has 1 aliphatic rings. The van der Waals surface area contributed by atoms with E-state index in [0.29, 0.717) is 17.7 Å². The fraction of sp³-hybridized carbons (Fsp3) is 0.235. The van der Waals surface area contributed by atoms with Gasteiger partial charge in [0.05, 0.1) is 22.1 Å². The van der Waals surface area contributed by atoms with Gasteiger partial charge in [-0.1, -0.05) is 23.7 Å². The minimum atomic E-state index is -2.98. The lowest BCUT2D eigenvalue weighted by molar-refractivity contribution is 0.102. The SMILES string of the molecule is O=C(Nc1ccc(F)c(Cl)c1)c1ccccc1S[C@@H]1CCS(=O)(=O)C1. The van der Waals surface area contributed by atoms with E-state index in [9.17, 15) is 17.6 Å². The summed E-state index contributed by atoms with van der Waals surface area (Å²) in [6, 6.07) is 11.0. The number of thioether (sulfide) groups is 1. The van der Waals surface area contributed by atoms with Crippen molar-refractivity contribution in [3.63, 3.8) is 0 Å². The number of hydrogen-bond acceptors (Lipinski definition) is 4. The van der Waals surface area contributed by atoms with E-state index in [1.807, 2.05) is 0 Å². The molecular formula is C17H15ClFNO3S2. The highest BCUT2D eigenvalue weighted by atomic mass is 35.5. The van der Waals surface area contributed by atoms with E-state index in [-0.39, 0.29) is 27.7 Å². The first-order valence-electron chi connectivity index (χ1n) is 7.56. The molecule has 1 saturated heterocycles. The zero-order valence-electron chi connectivity index (χ0n) is 13.0. The molecule has 0 unspecified atom stereocenters. The van der Waals surface area contributed by atoms with Crippen LogP contribution in [0.1, 0.15) is 16.8 Å². The molecule has 1 N–H and O–H groups in total. The first-order valence-corrected chi connectivity index (χ1v) is 10.6. The topological polar surface area (TPSA) is 63.2 Å². The maximum Gasteiger partial charge on any atom is 0.256 e. The van der Waals surface area contributed by atoms with Crippen molar-refractivity contribution in [2.24, 2.45) is 0 Å². The Balaban J connectivity index is 1.77. The Hall–Kier alpha value is -1.57. The van der Waals surface area contributed by atoms with Gasteiger partial charge in [0.1, 0.15) is 5.82 Å². The van der Waals surface area contributed by atoms with Crippen molar-refractivity contribution in [2.75, 3.05) is 16.8 Å². The van der Waals surface area contributed by atoms with Crippen LogP contribution in [0, 0.1) is 5.82 Å². The predicted octanol–water partition coefficient (Wildman–Crippen LogP) is 4.01. The Morgan fingerprint density at radius 1 is 1.24 bits per heavy atom. The largest absolute Gasteiger partial charge is 0.322 e. The van der Waals surface area contributed by atoms with Gasteiger partial charge in [0.2, 0.25) is 0 Å². The zero-order chi connectivity index (χ0) is 18.0. The molecule has 1 fully saturated rings. The molecule has 0 aliphatic carbocycles. The number of benzene rings is 2. The number of carbonyl (C=O) groups is 1. The van der Waals surface area contributed by atoms with Crippen LogP contribution in [0.3, 0.4) is 0 Å². The summed E-state index contributed by atoms with van der Waals surface area (Å²) in [6.45, 7) is 0. The van der Waals surface area contributed by atoms with Crippen LogP contribution in [0.4, 0.5) is 10.1 Å². The lowest BCUT2D eigenvalue weighted by atomic mass is 10.2. The number of rotatable bonds is 4. The van der Waals surface area contributed by atoms with Crippen LogP contribution < -0.4 is 5.32 Å². The molecule has 1 atom stereocenters. The molecule has 2 aromatic carbocycles. The van der Waals surface area contributed by atoms with E-state index in [0.717, 1.165) is 4.90 Å². The summed E-state index contributed by atoms with van der Waals surface area (Å²) in [4.78, 5) is 13.3. The molecule has 1 aliphatic heterocycles. The van der Waals surface area contributed by atoms with E-state index in [1.54, 1.807) is 24.3 Å². The minimum Gasteiger partial charge on any atom is -0.322 e. The fourth-order valence-electron chi connectivity index (χ4n) is 2.56. The van der Waals surface area contributed by atoms with Crippen LogP contribution >= 0.6 is 23.4 Å². The van der Waals surface area contributed by atoms with Crippen LogP contribution in [-0.4, -0.2) is 31.1 Å². The second kappa shape index (κ2) is 7.35. The lowest BCUT2D eigenvalue weighted by Gasteiger charge is -2.13. The van der Waals surface area contributed by atoms with E-state index in [2.05, 4.69) is 5.32 Å². The van der Waals surface area contributed by atoms with Crippen molar-refractivity contribution >= 4 is 44.8 Å². The van der Waals surface area contributed by atoms with Gasteiger partial charge < -0.3 is 5.32 Å². The van der Waals surface area contributed by atoms with Crippen molar-refractivity contribution in [2.45, 2.75) is 16.6 Å². The van der Waals surface area contributed by atoms with Gasteiger partial charge in [0.15, 0.2) is 9.84 Å². The fourth-order valence-corrected chi connectivity index (χ4v) is 6.37. The Bertz CT molecular complexity index is 918. The molecule has 132 valence electrons. The van der Waals surface area contributed by atoms with Crippen LogP contribution in [0.15, 0.2) is 47.4 Å². The highest BCUT2D eigenvalue weighted by molar-refractivity contribution is 8.02. The number of nitrogens with one attached hydrogen (secondary N) is 1. The third kappa shape index (κ3) is 4.54. The Morgan fingerprint density at radius 3 is 2.68 bits per heavy atom. The summed E-state index contributed by atoms with van der Waals surface area (Å²) in [5.74, 6) is -0.599. The lowest BCUT2D eigenvalue weighted by Crippen LogP contribution is -2.14. The molecular weight excluding hydrogens is 385 g/mol. The average Bonchev–Trinajstić information content (AvgIpc) is 2.90. The second-order valence-corrected chi connectivity index (χ2v) is 9.70. The Labute approximate surface area is 154 Å². The summed E-state index contributed by atoms with van der Waals surface area (Å²) in [6.07, 6.45) is 0.580. The smallest absolute Gasteiger partial charge is 0.256 e. The molecule has 4 nitrogen and oxygen atoms in total. The van der Waals surface area contributed by atoms with Crippen LogP contribution in [-0.2, 0) is 9.84 Å². The van der Waals surface area contributed by atoms with Gasteiger partial charge in [-0.25, -0.2) is 12.8 Å². The van der Waals surface area contributed by atoms with Crippen molar-refractivity contribution in [1.82, 2.24) is 0 Å². The molecule has 0 bridgehead atoms. The zero-order valence-corrected chi connectivity index (χ0v) is 15.4. The first kappa shape index (κ1) is 18.2. The minimum absolute atomic E-state index is 0.0563. The quantitative estimate of drug-likeness (QED) is 0.843. The highest BCUT2D eigenvalue weighted by Crippen LogP contribution is 2.33. The number of anilines is 1. The third-order valence-corrected chi connectivity index (χ3v) is 7.41. The molecule has 0 radical (unpaired) electrons. The van der Waals surface area contributed by atoms with Gasteiger partial charge in [0.25, 0.3) is 5.91 Å². The summed E-state index contributed by atoms with van der Waals surface area (Å²) >= 11 is 7.13. The number of halogens is 2. The molecule has 8 heteroatoms. The molecule has 0 aromatic heterocycles. The van der Waals surface area contributed by atoms with Crippen LogP contribution in [0.2, 0.25) is 5.02 Å². The van der Waals surface area contributed by atoms with Gasteiger partial charge >= 0.3 is 0 Å². The summed E-state index contributed by atoms with van der Waals surface area (Å²) in [5.41, 5.74) is 0.830. The van der Waals surface area contributed by atoms with E-state index >= 15 is 0 Å². The van der Waals surface area contributed by atoms with Crippen molar-refractivity contribution in [3.8, 4) is 0 Å². The summed E-state index contributed by atoms with van der Waals surface area (Å²) in [5, 5.41) is 2.56. The van der Waals surface area contributed by atoms with Crippen molar-refractivity contribution < 1.29 is 17.6 Å². The molecule has 1 heterocycles. The first-order chi connectivity index (χ1) is 11.8. The number of hydrogen-bond donors (Lipinski definition) is 1. The Kier molecular flexibility index (Phi) is 5.36. The third-order valence-electron chi connectivity index (χ3n) is 3.79. The standard InChI is InChI=1S/C17H15ClFNO3S2/c18-14-9-11(5-6-15(14)19)20-17(21)13-3-1-2-4-16(13)24-12-7-8-25(22,23)10-12/h1-6,9,12H,7-8,10H2,(H,20,21)/t12-/m1/s1. The molecule has 3 rings (SSSR count). The maximum absolute atomic E-state index is 13.2. The Morgan fingerprint density at radius 2 is 2.00 bits per heavy atom. The normalized spacial score (nSPS) is 18.9. The number of sulfone groups is 1. The maximum atomic E-state index is 13.2. The molecule has 0 spiro atoms. The summed E-state index contributed by atoms with van der Waals surface area (Å²) in [7, 11) is -2.98. The summed E-state index contributed by atoms with van der Waals surface area (Å²) < 4.78 is 36.4. The monoisotopic (exact) mass is 399 g/mol. The van der Waals surface area contributed by atoms with Crippen molar-refractivity contribution in [1.29, 1.82) is 0 Å². The van der Waals surface area contributed by atoms with Gasteiger partial charge in [-0.05, 0) is 36.8 Å². The molecule has 25 heavy (non-hydrogen) atoms. The van der Waals surface area contributed by atoms with E-state index in [1.165, 1.54) is 30.0 Å². The van der Waals surface area contributed by atoms with Gasteiger partial charge in [-0.15, -0.1) is 11.8 Å². The van der Waals surface area contributed by atoms with E-state index in [4.69, 9.17) is 11.6 Å². The molecule has 2 aromatic rings. The van der Waals surface area contributed by atoms with Crippen LogP contribution in [0.5, 0.6) is 0 Å². The van der Waals surface area contributed by atoms with Crippen LogP contribution in [0.25, 0.3) is 0 Å². The van der Waals surface area contributed by atoms with Gasteiger partial charge in [-0.2, -0.15) is 0 Å². The van der Waals surface area contributed by atoms with Gasteiger partial charge in [-0.3, -0.25) is 4.79 Å². The van der Waals surface area contributed by atoms with Gasteiger partial charge in [0, 0.05) is 15.8 Å². The average molecular weight is 400 g/mol. The second-order valence-electron chi connectivity index (χ2n) is 5.72. The number of amides is 1. The highest BCUT2D eigenvalue weighted by Gasteiger charge is 2.29. The van der Waals surface area contributed by atoms with E-state index < -0.39 is 15.7 Å². The van der Waals surface area contributed by atoms with Crippen molar-refractivity contribution in [3.05, 3.63) is 58.9 Å². The molecule has 1 amide bonds. The predicted molar refractivity (Wildman–Crippen MR) is 98.7 cm³/mol. The molecule has 0 saturated carbocycles. The number of carbonyl (C=O) groups excluding carboxylic acids is 1.